The van der Waals surface area contributed by atoms with Crippen LogP contribution in [0.25, 0.3) is 10.9 Å². The quantitative estimate of drug-likeness (QED) is 0.207. The number of aromatic nitrogens is 1. The summed E-state index contributed by atoms with van der Waals surface area (Å²) in [6.07, 6.45) is 5.32. The van der Waals surface area contributed by atoms with E-state index in [1.807, 2.05) is 67.6 Å². The number of H-pyrrole nitrogens is 1. The highest BCUT2D eigenvalue weighted by atomic mass is 16.5. The SMILES string of the molecule is CCCc1cccc(OC)c1.COc1ccc2[nH]c(C)cc2c1.O=CNC[C@H](CCc1ccccc1)NC=O. The van der Waals surface area contributed by atoms with Crippen molar-refractivity contribution >= 4 is 23.7 Å². The monoisotopic (exact) mass is 531 g/mol. The molecule has 3 N–H and O–H groups in total. The summed E-state index contributed by atoms with van der Waals surface area (Å²) in [4.78, 5) is 23.8. The van der Waals surface area contributed by atoms with Gasteiger partial charge in [0, 0.05) is 29.2 Å². The van der Waals surface area contributed by atoms with E-state index in [1.165, 1.54) is 28.6 Å². The molecule has 7 nitrogen and oxygen atoms in total. The van der Waals surface area contributed by atoms with E-state index >= 15 is 0 Å². The van der Waals surface area contributed by atoms with Crippen molar-refractivity contribution in [1.29, 1.82) is 0 Å². The molecular formula is C32H41N3O4. The third-order valence-corrected chi connectivity index (χ3v) is 6.01. The Labute approximate surface area is 231 Å². The van der Waals surface area contributed by atoms with Crippen LogP contribution in [0, 0.1) is 6.92 Å². The van der Waals surface area contributed by atoms with Crippen LogP contribution in [0.4, 0.5) is 0 Å². The molecule has 3 aromatic carbocycles. The maximum Gasteiger partial charge on any atom is 0.207 e. The van der Waals surface area contributed by atoms with Gasteiger partial charge >= 0.3 is 0 Å². The molecule has 0 aliphatic heterocycles. The number of rotatable bonds is 12. The number of carbonyl (C=O) groups excluding carboxylic acids is 2. The number of ether oxygens (including phenoxy) is 2. The van der Waals surface area contributed by atoms with Gasteiger partial charge < -0.3 is 25.1 Å². The minimum Gasteiger partial charge on any atom is -0.497 e. The number of carbonyl (C=O) groups is 2. The van der Waals surface area contributed by atoms with Crippen LogP contribution in [0.2, 0.25) is 0 Å². The van der Waals surface area contributed by atoms with E-state index in [9.17, 15) is 9.59 Å². The molecule has 0 bridgehead atoms. The molecule has 1 atom stereocenters. The summed E-state index contributed by atoms with van der Waals surface area (Å²) < 4.78 is 10.2. The first-order valence-electron chi connectivity index (χ1n) is 13.2. The molecule has 0 fully saturated rings. The maximum atomic E-state index is 10.4. The molecule has 2 amide bonds. The number of aromatic amines is 1. The normalized spacial score (nSPS) is 10.7. The molecule has 0 saturated heterocycles. The zero-order valence-corrected chi connectivity index (χ0v) is 23.4. The van der Waals surface area contributed by atoms with Crippen molar-refractivity contribution in [3.05, 3.63) is 95.7 Å². The summed E-state index contributed by atoms with van der Waals surface area (Å²) in [6.45, 7) is 4.70. The lowest BCUT2D eigenvalue weighted by Gasteiger charge is -2.15. The highest BCUT2D eigenvalue weighted by Crippen LogP contribution is 2.20. The van der Waals surface area contributed by atoms with Gasteiger partial charge in [0.1, 0.15) is 11.5 Å². The summed E-state index contributed by atoms with van der Waals surface area (Å²) in [7, 11) is 3.38. The van der Waals surface area contributed by atoms with Crippen LogP contribution in [0.15, 0.2) is 78.9 Å². The highest BCUT2D eigenvalue weighted by Gasteiger charge is 2.06. The molecule has 1 aromatic heterocycles. The number of methoxy groups -OCH3 is 2. The lowest BCUT2D eigenvalue weighted by molar-refractivity contribution is -0.111. The third-order valence-electron chi connectivity index (χ3n) is 6.01. The molecule has 0 aliphatic carbocycles. The van der Waals surface area contributed by atoms with Crippen molar-refractivity contribution in [3.63, 3.8) is 0 Å². The average molecular weight is 532 g/mol. The lowest BCUT2D eigenvalue weighted by atomic mass is 10.1. The van der Waals surface area contributed by atoms with E-state index in [4.69, 9.17) is 9.47 Å². The van der Waals surface area contributed by atoms with Crippen molar-refractivity contribution in [3.8, 4) is 11.5 Å². The van der Waals surface area contributed by atoms with Crippen LogP contribution < -0.4 is 20.1 Å². The number of aryl methyl sites for hydroxylation is 3. The Morgan fingerprint density at radius 1 is 0.821 bits per heavy atom. The predicted octanol–water partition coefficient (Wildman–Crippen LogP) is 5.61. The molecule has 0 radical (unpaired) electrons. The first-order chi connectivity index (χ1) is 19.0. The van der Waals surface area contributed by atoms with Crippen LogP contribution in [0.1, 0.15) is 36.6 Å². The van der Waals surface area contributed by atoms with Crippen LogP contribution in [-0.2, 0) is 22.4 Å². The standard InChI is InChI=1S/C12H16N2O2.C10H11NO.C10H14O/c15-9-13-8-12(14-10-16)7-6-11-4-2-1-3-5-11;1-7-5-8-6-9(12-2)3-4-10(8)11-7;1-3-5-9-6-4-7-10(8-9)11-2/h1-5,9-10,12H,6-8H2,(H,13,15)(H,14,16);3-6,11H,1-2H3;4,6-8H,3,5H2,1-2H3/t12-;;/m0../s1. The summed E-state index contributed by atoms with van der Waals surface area (Å²) in [5.41, 5.74) is 4.92. The van der Waals surface area contributed by atoms with Gasteiger partial charge in [-0.3, -0.25) is 9.59 Å². The van der Waals surface area contributed by atoms with Gasteiger partial charge in [0.15, 0.2) is 0 Å². The van der Waals surface area contributed by atoms with Crippen molar-refractivity contribution in [2.75, 3.05) is 20.8 Å². The van der Waals surface area contributed by atoms with Crippen LogP contribution in [-0.4, -0.2) is 44.6 Å². The summed E-state index contributed by atoms with van der Waals surface area (Å²) in [5.74, 6) is 1.86. The van der Waals surface area contributed by atoms with Gasteiger partial charge in [-0.05, 0) is 73.7 Å². The summed E-state index contributed by atoms with van der Waals surface area (Å²) in [5, 5.41) is 6.45. The van der Waals surface area contributed by atoms with E-state index < -0.39 is 0 Å². The molecule has 0 unspecified atom stereocenters. The highest BCUT2D eigenvalue weighted by molar-refractivity contribution is 5.81. The minimum atomic E-state index is -0.0112. The van der Waals surface area contributed by atoms with Crippen molar-refractivity contribution in [2.24, 2.45) is 0 Å². The Bertz CT molecular complexity index is 1240. The van der Waals surface area contributed by atoms with E-state index in [0.717, 1.165) is 36.3 Å². The van der Waals surface area contributed by atoms with E-state index in [1.54, 1.807) is 14.2 Å². The van der Waals surface area contributed by atoms with Gasteiger partial charge in [-0.1, -0.05) is 55.8 Å². The van der Waals surface area contributed by atoms with E-state index in [0.29, 0.717) is 19.4 Å². The smallest absolute Gasteiger partial charge is 0.207 e. The number of benzene rings is 3. The van der Waals surface area contributed by atoms with E-state index in [-0.39, 0.29) is 6.04 Å². The molecular weight excluding hydrogens is 490 g/mol. The number of nitrogens with one attached hydrogen (secondary N) is 3. The summed E-state index contributed by atoms with van der Waals surface area (Å²) in [6, 6.07) is 26.4. The van der Waals surface area contributed by atoms with Crippen molar-refractivity contribution in [1.82, 2.24) is 15.6 Å². The fourth-order valence-corrected chi connectivity index (χ4v) is 4.02. The van der Waals surface area contributed by atoms with Crippen LogP contribution in [0.5, 0.6) is 11.5 Å². The van der Waals surface area contributed by atoms with Crippen LogP contribution in [0.3, 0.4) is 0 Å². The number of fused-ring (bicyclic) bond motifs is 1. The van der Waals surface area contributed by atoms with Gasteiger partial charge in [0.05, 0.1) is 14.2 Å². The zero-order valence-electron chi connectivity index (χ0n) is 23.4. The van der Waals surface area contributed by atoms with Gasteiger partial charge in [-0.25, -0.2) is 0 Å². The molecule has 1 heterocycles. The topological polar surface area (TPSA) is 92.4 Å². The maximum absolute atomic E-state index is 10.4. The largest absolute Gasteiger partial charge is 0.497 e. The Hall–Kier alpha value is -4.26. The predicted molar refractivity (Wildman–Crippen MR) is 158 cm³/mol. The average Bonchev–Trinajstić information content (AvgIpc) is 3.35. The second kappa shape index (κ2) is 18.1. The lowest BCUT2D eigenvalue weighted by Crippen LogP contribution is -2.37. The molecule has 0 spiro atoms. The number of amides is 2. The molecule has 7 heteroatoms. The van der Waals surface area contributed by atoms with Crippen LogP contribution >= 0.6 is 0 Å². The Morgan fingerprint density at radius 2 is 1.54 bits per heavy atom. The molecule has 0 aliphatic rings. The zero-order chi connectivity index (χ0) is 28.3. The fourth-order valence-electron chi connectivity index (χ4n) is 4.02. The number of hydrogen-bond acceptors (Lipinski definition) is 4. The van der Waals surface area contributed by atoms with Gasteiger partial charge in [-0.15, -0.1) is 0 Å². The Balaban J connectivity index is 0.000000209. The second-order valence-corrected chi connectivity index (χ2v) is 9.04. The van der Waals surface area contributed by atoms with Gasteiger partial charge in [-0.2, -0.15) is 0 Å². The first kappa shape index (κ1) is 31.0. The Morgan fingerprint density at radius 3 is 2.21 bits per heavy atom. The van der Waals surface area contributed by atoms with Gasteiger partial charge in [0.25, 0.3) is 0 Å². The minimum absolute atomic E-state index is 0.0112. The van der Waals surface area contributed by atoms with Crippen molar-refractivity contribution < 1.29 is 19.1 Å². The molecule has 208 valence electrons. The van der Waals surface area contributed by atoms with Gasteiger partial charge in [0.2, 0.25) is 12.8 Å². The Kier molecular flexibility index (Phi) is 14.3. The fraction of sp³-hybridized carbons (Fsp3) is 0.312. The summed E-state index contributed by atoms with van der Waals surface area (Å²) >= 11 is 0. The molecule has 4 aromatic rings. The number of hydrogen-bond donors (Lipinski definition) is 3. The third kappa shape index (κ3) is 11.8. The second-order valence-electron chi connectivity index (χ2n) is 9.04. The molecule has 39 heavy (non-hydrogen) atoms. The molecule has 0 saturated carbocycles. The molecule has 4 rings (SSSR count). The van der Waals surface area contributed by atoms with Crippen molar-refractivity contribution in [2.45, 2.75) is 45.6 Å². The first-order valence-corrected chi connectivity index (χ1v) is 13.2. The van der Waals surface area contributed by atoms with E-state index in [2.05, 4.69) is 40.7 Å².